The Morgan fingerprint density at radius 1 is 1.33 bits per heavy atom. The number of carboxylic acids is 1. The molecule has 1 saturated carbocycles. The Morgan fingerprint density at radius 3 is 2.62 bits per heavy atom. The standard InChI is InChI=1S/C19H23N9O9S2/c20-4-14(30)22-5-9-6-23-27(25-9)7-12-10(16(31)28(12)39(34,35)36)3-13(29)15(11-8-38-18(21)24-11)26-37-19(1-2-19)17(32)33/h6,8,10,12H,1-5,7,20H2,(H2,21,24)(H,22,30)(H,32,33)(H,34,35,36)/b26-15-/t10-,12+/m0/s1. The van der Waals surface area contributed by atoms with Crippen LogP contribution >= 0.6 is 11.3 Å². The van der Waals surface area contributed by atoms with E-state index in [2.05, 4.69) is 25.7 Å². The van der Waals surface area contributed by atoms with Crippen LogP contribution in [0.3, 0.4) is 0 Å². The molecule has 1 aliphatic heterocycles. The molecule has 39 heavy (non-hydrogen) atoms. The second-order valence-electron chi connectivity index (χ2n) is 8.69. The summed E-state index contributed by atoms with van der Waals surface area (Å²) in [6.45, 7) is -0.584. The first-order valence-electron chi connectivity index (χ1n) is 11.2. The van der Waals surface area contributed by atoms with Gasteiger partial charge in [0.15, 0.2) is 16.6 Å². The molecule has 1 aliphatic carbocycles. The number of β-lactam (4-membered cyclic amide) rings is 1. The average Bonchev–Trinajstić information content (AvgIpc) is 3.33. The maximum atomic E-state index is 13.2. The van der Waals surface area contributed by atoms with Crippen molar-refractivity contribution in [1.29, 1.82) is 0 Å². The summed E-state index contributed by atoms with van der Waals surface area (Å²) in [7, 11) is -4.99. The molecule has 7 N–H and O–H groups in total. The number of hydrogen-bond donors (Lipinski definition) is 5. The predicted octanol–water partition coefficient (Wildman–Crippen LogP) is -2.48. The summed E-state index contributed by atoms with van der Waals surface area (Å²) in [5.74, 6) is -4.81. The number of amides is 2. The van der Waals surface area contributed by atoms with Crippen LogP contribution in [0.2, 0.25) is 0 Å². The summed E-state index contributed by atoms with van der Waals surface area (Å²) in [5, 5.41) is 25.1. The number of oxime groups is 1. The number of aromatic nitrogens is 4. The van der Waals surface area contributed by atoms with Gasteiger partial charge in [-0.1, -0.05) is 5.16 Å². The second-order valence-corrected chi connectivity index (χ2v) is 10.9. The summed E-state index contributed by atoms with van der Waals surface area (Å²) in [6, 6.07) is -1.26. The molecular weight excluding hydrogens is 562 g/mol. The Hall–Kier alpha value is -4.01. The van der Waals surface area contributed by atoms with Crippen molar-refractivity contribution in [1.82, 2.24) is 29.6 Å². The van der Waals surface area contributed by atoms with Gasteiger partial charge in [-0.15, -0.1) is 11.3 Å². The predicted molar refractivity (Wildman–Crippen MR) is 130 cm³/mol. The van der Waals surface area contributed by atoms with Crippen LogP contribution in [0.15, 0.2) is 16.7 Å². The fourth-order valence-corrected chi connectivity index (χ4v) is 5.20. The van der Waals surface area contributed by atoms with E-state index in [0.717, 1.165) is 16.1 Å². The van der Waals surface area contributed by atoms with E-state index in [1.165, 1.54) is 11.6 Å². The van der Waals surface area contributed by atoms with Gasteiger partial charge in [-0.2, -0.15) is 23.4 Å². The lowest BCUT2D eigenvalue weighted by Gasteiger charge is -2.43. The van der Waals surface area contributed by atoms with Crippen LogP contribution < -0.4 is 16.8 Å². The zero-order valence-electron chi connectivity index (χ0n) is 20.0. The van der Waals surface area contributed by atoms with E-state index >= 15 is 0 Å². The highest BCUT2D eigenvalue weighted by Gasteiger charge is 2.56. The first-order valence-corrected chi connectivity index (χ1v) is 13.5. The van der Waals surface area contributed by atoms with Gasteiger partial charge in [-0.25, -0.2) is 14.1 Å². The number of anilines is 1. The molecule has 0 bridgehead atoms. The van der Waals surface area contributed by atoms with Crippen molar-refractivity contribution in [2.75, 3.05) is 12.3 Å². The number of carbonyl (C=O) groups excluding carboxylic acids is 3. The highest BCUT2D eigenvalue weighted by Crippen LogP contribution is 2.40. The average molecular weight is 586 g/mol. The van der Waals surface area contributed by atoms with E-state index in [0.29, 0.717) is 5.69 Å². The van der Waals surface area contributed by atoms with Crippen molar-refractivity contribution in [2.24, 2.45) is 16.8 Å². The molecule has 0 unspecified atom stereocenters. The summed E-state index contributed by atoms with van der Waals surface area (Å²) >= 11 is 0.981. The third-order valence-corrected chi connectivity index (χ3v) is 7.60. The van der Waals surface area contributed by atoms with E-state index in [9.17, 15) is 37.3 Å². The van der Waals surface area contributed by atoms with E-state index in [4.69, 9.17) is 16.3 Å². The lowest BCUT2D eigenvalue weighted by atomic mass is 9.84. The third-order valence-electron chi connectivity index (χ3n) is 5.97. The molecule has 3 heterocycles. The second kappa shape index (κ2) is 10.6. The van der Waals surface area contributed by atoms with Gasteiger partial charge in [-0.3, -0.25) is 18.9 Å². The molecule has 1 saturated heterocycles. The van der Waals surface area contributed by atoms with Crippen LogP contribution in [0.1, 0.15) is 30.7 Å². The minimum absolute atomic E-state index is 0.0159. The van der Waals surface area contributed by atoms with Crippen molar-refractivity contribution >= 4 is 56.1 Å². The summed E-state index contributed by atoms with van der Waals surface area (Å²) in [5.41, 5.74) is 9.18. The van der Waals surface area contributed by atoms with Crippen LogP contribution in [0.5, 0.6) is 0 Å². The highest BCUT2D eigenvalue weighted by molar-refractivity contribution is 7.84. The minimum Gasteiger partial charge on any atom is -0.478 e. The molecule has 2 aromatic rings. The molecule has 2 aliphatic rings. The Labute approximate surface area is 223 Å². The number of ketones is 1. The van der Waals surface area contributed by atoms with Crippen LogP contribution in [-0.4, -0.2) is 89.8 Å². The number of thiazole rings is 1. The maximum absolute atomic E-state index is 13.2. The third kappa shape index (κ3) is 6.02. The molecule has 0 radical (unpaired) electrons. The SMILES string of the molecule is NCC(=O)NCc1cnn(C[C@@H]2[C@H](CC(=O)/C(=N\OC3(C(=O)O)CC3)c3csc(N)n3)C(=O)N2S(=O)(=O)O)n1. The van der Waals surface area contributed by atoms with Crippen LogP contribution in [0.4, 0.5) is 5.13 Å². The van der Waals surface area contributed by atoms with Gasteiger partial charge in [0.1, 0.15) is 11.4 Å². The Balaban J connectivity index is 1.54. The van der Waals surface area contributed by atoms with Gasteiger partial charge in [0.05, 0.1) is 37.8 Å². The van der Waals surface area contributed by atoms with E-state index in [-0.39, 0.29) is 47.6 Å². The molecule has 0 aromatic carbocycles. The number of Topliss-reactive ketones (excluding diaryl/α,β-unsaturated/α-hetero) is 1. The van der Waals surface area contributed by atoms with E-state index < -0.39 is 63.6 Å². The Kier molecular flexibility index (Phi) is 7.63. The molecule has 2 amide bonds. The van der Waals surface area contributed by atoms with Crippen LogP contribution in [0.25, 0.3) is 0 Å². The smallest absolute Gasteiger partial charge is 0.362 e. The number of hydrogen-bond acceptors (Lipinski definition) is 14. The van der Waals surface area contributed by atoms with Gasteiger partial charge in [0.25, 0.3) is 0 Å². The van der Waals surface area contributed by atoms with Crippen LogP contribution in [0, 0.1) is 5.92 Å². The number of rotatable bonds is 13. The van der Waals surface area contributed by atoms with Gasteiger partial charge in [0, 0.05) is 24.6 Å². The topological polar surface area (TPSA) is 275 Å². The number of aliphatic carboxylic acids is 1. The van der Waals surface area contributed by atoms with E-state index in [1.54, 1.807) is 0 Å². The zero-order valence-corrected chi connectivity index (χ0v) is 21.6. The minimum atomic E-state index is -4.99. The molecule has 18 nitrogen and oxygen atoms in total. The number of nitrogens with one attached hydrogen (secondary N) is 1. The van der Waals surface area contributed by atoms with Crippen molar-refractivity contribution in [2.45, 2.75) is 44.0 Å². The summed E-state index contributed by atoms with van der Waals surface area (Å²) in [4.78, 5) is 58.9. The largest absolute Gasteiger partial charge is 0.478 e. The molecule has 2 atom stereocenters. The normalized spacial score (nSPS) is 20.3. The first-order chi connectivity index (χ1) is 18.3. The Bertz CT molecular complexity index is 1450. The molecule has 20 heteroatoms. The lowest BCUT2D eigenvalue weighted by Crippen LogP contribution is -2.64. The number of nitrogens with two attached hydrogens (primary N) is 2. The molecule has 0 spiro atoms. The maximum Gasteiger partial charge on any atom is 0.362 e. The fraction of sp³-hybridized carbons (Fsp3) is 0.474. The number of carboxylic acid groups (broad SMARTS) is 1. The van der Waals surface area contributed by atoms with Crippen molar-refractivity contribution in [3.8, 4) is 0 Å². The molecule has 2 aromatic heterocycles. The van der Waals surface area contributed by atoms with Gasteiger partial charge >= 0.3 is 16.3 Å². The highest BCUT2D eigenvalue weighted by atomic mass is 32.2. The molecular formula is C19H23N9O9S2. The first kappa shape index (κ1) is 28.0. The fourth-order valence-electron chi connectivity index (χ4n) is 3.74. The molecule has 2 fully saturated rings. The summed E-state index contributed by atoms with van der Waals surface area (Å²) < 4.78 is 33.5. The number of nitrogens with zero attached hydrogens (tertiary/aromatic N) is 6. The van der Waals surface area contributed by atoms with Gasteiger partial charge in [0.2, 0.25) is 17.4 Å². The van der Waals surface area contributed by atoms with E-state index in [1.807, 2.05) is 0 Å². The quantitative estimate of drug-likeness (QED) is 0.0704. The summed E-state index contributed by atoms with van der Waals surface area (Å²) in [6.07, 6.45) is 1.05. The number of nitrogen functional groups attached to an aromatic ring is 1. The van der Waals surface area contributed by atoms with Gasteiger partial charge < -0.3 is 26.7 Å². The van der Waals surface area contributed by atoms with Gasteiger partial charge in [-0.05, 0) is 0 Å². The number of carbonyl (C=O) groups is 4. The zero-order chi connectivity index (χ0) is 28.5. The van der Waals surface area contributed by atoms with Crippen molar-refractivity contribution < 1.29 is 42.1 Å². The van der Waals surface area contributed by atoms with Crippen molar-refractivity contribution in [3.63, 3.8) is 0 Å². The van der Waals surface area contributed by atoms with Crippen molar-refractivity contribution in [3.05, 3.63) is 23.0 Å². The Morgan fingerprint density at radius 2 is 2.05 bits per heavy atom. The molecule has 210 valence electrons. The lowest BCUT2D eigenvalue weighted by molar-refractivity contribution is -0.153. The monoisotopic (exact) mass is 585 g/mol. The van der Waals surface area contributed by atoms with Crippen LogP contribution in [-0.2, 0) is 47.4 Å². The molecule has 4 rings (SSSR count).